The van der Waals surface area contributed by atoms with Crippen molar-refractivity contribution >= 4 is 27.5 Å². The van der Waals surface area contributed by atoms with E-state index in [1.54, 1.807) is 0 Å². The highest BCUT2D eigenvalue weighted by atomic mass is 79.9. The first-order valence-electron chi connectivity index (χ1n) is 6.62. The average molecular weight is 341 g/mol. The van der Waals surface area contributed by atoms with Crippen LogP contribution in [0.1, 0.15) is 43.8 Å². The van der Waals surface area contributed by atoms with Crippen molar-refractivity contribution in [2.45, 2.75) is 38.0 Å². The maximum Gasteiger partial charge on any atom is 0.182 e. The van der Waals surface area contributed by atoms with Gasteiger partial charge in [0.2, 0.25) is 0 Å². The molecule has 3 rings (SSSR count). The summed E-state index contributed by atoms with van der Waals surface area (Å²) in [5.41, 5.74) is 0.870. The van der Waals surface area contributed by atoms with Gasteiger partial charge in [-0.2, -0.15) is 5.10 Å². The highest BCUT2D eigenvalue weighted by Crippen LogP contribution is 2.33. The zero-order chi connectivity index (χ0) is 13.2. The Bertz CT molecular complexity index is 576. The molecule has 1 aromatic heterocycles. The summed E-state index contributed by atoms with van der Waals surface area (Å²) in [6, 6.07) is 5.73. The van der Waals surface area contributed by atoms with Crippen molar-refractivity contribution in [3.63, 3.8) is 0 Å². The molecule has 5 heteroatoms. The van der Waals surface area contributed by atoms with Gasteiger partial charge in [-0.3, -0.25) is 5.10 Å². The van der Waals surface area contributed by atoms with Gasteiger partial charge in [-0.05, 0) is 31.0 Å². The summed E-state index contributed by atoms with van der Waals surface area (Å²) in [4.78, 5) is 4.63. The molecule has 0 unspecified atom stereocenters. The number of benzene rings is 1. The molecule has 0 saturated heterocycles. The minimum atomic E-state index is 0.529. The van der Waals surface area contributed by atoms with Gasteiger partial charge in [0.25, 0.3) is 0 Å². The molecule has 0 spiro atoms. The first-order valence-corrected chi connectivity index (χ1v) is 7.79. The molecule has 1 N–H and O–H groups in total. The van der Waals surface area contributed by atoms with Crippen LogP contribution in [-0.2, 0) is 0 Å². The molecule has 0 aliphatic heterocycles. The molecule has 0 bridgehead atoms. The second-order valence-electron chi connectivity index (χ2n) is 5.00. The highest BCUT2D eigenvalue weighted by Gasteiger charge is 2.20. The van der Waals surface area contributed by atoms with Crippen LogP contribution in [-0.4, -0.2) is 15.2 Å². The fourth-order valence-corrected chi connectivity index (χ4v) is 3.19. The number of aromatic nitrogens is 3. The van der Waals surface area contributed by atoms with E-state index in [0.29, 0.717) is 16.8 Å². The SMILES string of the molecule is Clc1ccc(Br)cc1-c1n[nH]c(C2CCCCC2)n1. The van der Waals surface area contributed by atoms with Crippen LogP contribution in [0.25, 0.3) is 11.4 Å². The Labute approximate surface area is 125 Å². The van der Waals surface area contributed by atoms with Crippen molar-refractivity contribution in [2.75, 3.05) is 0 Å². The number of rotatable bonds is 2. The Balaban J connectivity index is 1.89. The monoisotopic (exact) mass is 339 g/mol. The van der Waals surface area contributed by atoms with Crippen molar-refractivity contribution in [1.29, 1.82) is 0 Å². The van der Waals surface area contributed by atoms with Crippen molar-refractivity contribution < 1.29 is 0 Å². The quantitative estimate of drug-likeness (QED) is 0.841. The minimum Gasteiger partial charge on any atom is -0.262 e. The number of halogens is 2. The lowest BCUT2D eigenvalue weighted by Crippen LogP contribution is -2.06. The first kappa shape index (κ1) is 13.1. The number of hydrogen-bond donors (Lipinski definition) is 1. The van der Waals surface area contributed by atoms with E-state index in [9.17, 15) is 0 Å². The topological polar surface area (TPSA) is 41.6 Å². The zero-order valence-corrected chi connectivity index (χ0v) is 12.8. The largest absolute Gasteiger partial charge is 0.262 e. The second kappa shape index (κ2) is 5.63. The van der Waals surface area contributed by atoms with Gasteiger partial charge in [-0.15, -0.1) is 0 Å². The molecular weight excluding hydrogens is 326 g/mol. The summed E-state index contributed by atoms with van der Waals surface area (Å²) in [6.07, 6.45) is 6.34. The zero-order valence-electron chi connectivity index (χ0n) is 10.5. The van der Waals surface area contributed by atoms with E-state index in [0.717, 1.165) is 15.9 Å². The van der Waals surface area contributed by atoms with Gasteiger partial charge in [-0.25, -0.2) is 4.98 Å². The molecule has 1 heterocycles. The lowest BCUT2D eigenvalue weighted by Gasteiger charge is -2.18. The number of hydrogen-bond acceptors (Lipinski definition) is 2. The number of aromatic amines is 1. The summed E-state index contributed by atoms with van der Waals surface area (Å²) >= 11 is 9.66. The third kappa shape index (κ3) is 2.84. The predicted molar refractivity (Wildman–Crippen MR) is 80.4 cm³/mol. The molecule has 1 fully saturated rings. The summed E-state index contributed by atoms with van der Waals surface area (Å²) < 4.78 is 0.982. The second-order valence-corrected chi connectivity index (χ2v) is 6.33. The molecule has 1 aliphatic carbocycles. The Hall–Kier alpha value is -0.870. The average Bonchev–Trinajstić information content (AvgIpc) is 2.92. The van der Waals surface area contributed by atoms with Gasteiger partial charge in [0, 0.05) is 16.0 Å². The van der Waals surface area contributed by atoms with Crippen LogP contribution in [0, 0.1) is 0 Å². The van der Waals surface area contributed by atoms with Gasteiger partial charge in [0.1, 0.15) is 5.82 Å². The molecule has 100 valence electrons. The van der Waals surface area contributed by atoms with Crippen LogP contribution >= 0.6 is 27.5 Å². The Morgan fingerprint density at radius 3 is 2.79 bits per heavy atom. The number of nitrogens with zero attached hydrogens (tertiary/aromatic N) is 2. The standard InChI is InChI=1S/C14H15BrClN3/c15-10-6-7-12(16)11(8-10)14-17-13(18-19-14)9-4-2-1-3-5-9/h6-9H,1-5H2,(H,17,18,19). The van der Waals surface area contributed by atoms with Crippen LogP contribution in [0.2, 0.25) is 5.02 Å². The van der Waals surface area contributed by atoms with Crippen LogP contribution in [0.15, 0.2) is 22.7 Å². The number of H-pyrrole nitrogens is 1. The van der Waals surface area contributed by atoms with Gasteiger partial charge >= 0.3 is 0 Å². The Morgan fingerprint density at radius 1 is 1.21 bits per heavy atom. The smallest absolute Gasteiger partial charge is 0.182 e. The maximum absolute atomic E-state index is 6.21. The van der Waals surface area contributed by atoms with E-state index < -0.39 is 0 Å². The predicted octanol–water partition coefficient (Wildman–Crippen LogP) is 4.94. The number of nitrogens with one attached hydrogen (secondary N) is 1. The lowest BCUT2D eigenvalue weighted by atomic mass is 9.89. The highest BCUT2D eigenvalue weighted by molar-refractivity contribution is 9.10. The van der Waals surface area contributed by atoms with E-state index in [1.165, 1.54) is 32.1 Å². The maximum atomic E-state index is 6.21. The summed E-state index contributed by atoms with van der Waals surface area (Å²) in [6.45, 7) is 0. The van der Waals surface area contributed by atoms with Gasteiger partial charge in [0.15, 0.2) is 5.82 Å². The summed E-state index contributed by atoms with van der Waals surface area (Å²) in [7, 11) is 0. The fraction of sp³-hybridized carbons (Fsp3) is 0.429. The third-order valence-corrected chi connectivity index (χ3v) is 4.49. The van der Waals surface area contributed by atoms with Gasteiger partial charge in [0.05, 0.1) is 5.02 Å². The lowest BCUT2D eigenvalue weighted by molar-refractivity contribution is 0.429. The summed E-state index contributed by atoms with van der Waals surface area (Å²) in [5, 5.41) is 8.09. The molecule has 3 nitrogen and oxygen atoms in total. The molecule has 0 amide bonds. The summed E-state index contributed by atoms with van der Waals surface area (Å²) in [5.74, 6) is 2.22. The van der Waals surface area contributed by atoms with Crippen LogP contribution < -0.4 is 0 Å². The van der Waals surface area contributed by atoms with Crippen LogP contribution in [0.3, 0.4) is 0 Å². The van der Waals surface area contributed by atoms with Crippen molar-refractivity contribution in [3.8, 4) is 11.4 Å². The van der Waals surface area contributed by atoms with Crippen LogP contribution in [0.5, 0.6) is 0 Å². The normalized spacial score (nSPS) is 16.7. The molecule has 0 radical (unpaired) electrons. The molecule has 1 saturated carbocycles. The molecular formula is C14H15BrClN3. The molecule has 0 atom stereocenters. The minimum absolute atomic E-state index is 0.529. The van der Waals surface area contributed by atoms with E-state index in [1.807, 2.05) is 18.2 Å². The fourth-order valence-electron chi connectivity index (χ4n) is 2.62. The van der Waals surface area contributed by atoms with Gasteiger partial charge < -0.3 is 0 Å². The third-order valence-electron chi connectivity index (χ3n) is 3.66. The molecule has 1 aliphatic rings. The first-order chi connectivity index (χ1) is 9.24. The molecule has 1 aromatic carbocycles. The van der Waals surface area contributed by atoms with Crippen molar-refractivity contribution in [3.05, 3.63) is 33.5 Å². The van der Waals surface area contributed by atoms with Crippen molar-refractivity contribution in [1.82, 2.24) is 15.2 Å². The van der Waals surface area contributed by atoms with E-state index >= 15 is 0 Å². The van der Waals surface area contributed by atoms with E-state index in [4.69, 9.17) is 11.6 Å². The van der Waals surface area contributed by atoms with Crippen LogP contribution in [0.4, 0.5) is 0 Å². The molecule has 2 aromatic rings. The van der Waals surface area contributed by atoms with E-state index in [2.05, 4.69) is 31.1 Å². The Kier molecular flexibility index (Phi) is 3.89. The van der Waals surface area contributed by atoms with Gasteiger partial charge in [-0.1, -0.05) is 46.8 Å². The Morgan fingerprint density at radius 2 is 2.00 bits per heavy atom. The van der Waals surface area contributed by atoms with Crippen molar-refractivity contribution in [2.24, 2.45) is 0 Å². The van der Waals surface area contributed by atoms with E-state index in [-0.39, 0.29) is 0 Å². The molecule has 19 heavy (non-hydrogen) atoms.